The fourth-order valence-corrected chi connectivity index (χ4v) is 4.65. The second-order valence-corrected chi connectivity index (χ2v) is 7.47. The number of nitrogens with zero attached hydrogens (tertiary/aromatic N) is 1. The van der Waals surface area contributed by atoms with E-state index in [1.807, 2.05) is 41.8 Å². The summed E-state index contributed by atoms with van der Waals surface area (Å²) in [4.78, 5) is 27.1. The van der Waals surface area contributed by atoms with E-state index in [0.29, 0.717) is 16.0 Å². The number of hydrogen-bond acceptors (Lipinski definition) is 5. The molecule has 5 nitrogen and oxygen atoms in total. The quantitative estimate of drug-likeness (QED) is 0.549. The Morgan fingerprint density at radius 2 is 1.93 bits per heavy atom. The van der Waals surface area contributed by atoms with Crippen LogP contribution in [0.5, 0.6) is 0 Å². The van der Waals surface area contributed by atoms with Gasteiger partial charge in [-0.1, -0.05) is 36.4 Å². The zero-order chi connectivity index (χ0) is 18.4. The van der Waals surface area contributed by atoms with Crippen molar-refractivity contribution in [2.45, 2.75) is 6.42 Å². The number of nitrogens with one attached hydrogen (secondary N) is 1. The van der Waals surface area contributed by atoms with E-state index in [4.69, 9.17) is 4.42 Å². The lowest BCUT2D eigenvalue weighted by Crippen LogP contribution is -2.31. The molecule has 4 aromatic rings. The standard InChI is InChI=1S/C21H16N2O3S/c24-18(11-23-10-9-13-5-1-3-7-16(13)23)22-20-19-15(12-27-20)14-6-2-4-8-17(14)26-21(19)25/h1-8,12H,9-11H2,(H,22,24). The molecule has 27 heavy (non-hydrogen) atoms. The predicted octanol–water partition coefficient (Wildman–Crippen LogP) is 4.01. The Balaban J connectivity index is 1.44. The van der Waals surface area contributed by atoms with Gasteiger partial charge in [-0.25, -0.2) is 4.79 Å². The lowest BCUT2D eigenvalue weighted by Gasteiger charge is -2.18. The van der Waals surface area contributed by atoms with Crippen LogP contribution in [0.3, 0.4) is 0 Å². The van der Waals surface area contributed by atoms with Crippen molar-refractivity contribution in [2.75, 3.05) is 23.3 Å². The molecule has 0 unspecified atom stereocenters. The van der Waals surface area contributed by atoms with E-state index in [1.165, 1.54) is 16.9 Å². The van der Waals surface area contributed by atoms with Crippen molar-refractivity contribution < 1.29 is 9.21 Å². The van der Waals surface area contributed by atoms with Crippen molar-refractivity contribution in [1.29, 1.82) is 0 Å². The fraction of sp³-hybridized carbons (Fsp3) is 0.143. The molecule has 0 aliphatic carbocycles. The van der Waals surface area contributed by atoms with Crippen LogP contribution in [0.2, 0.25) is 0 Å². The predicted molar refractivity (Wildman–Crippen MR) is 109 cm³/mol. The number of para-hydroxylation sites is 2. The Labute approximate surface area is 158 Å². The lowest BCUT2D eigenvalue weighted by atomic mass is 10.1. The Hall–Kier alpha value is -3.12. The third-order valence-corrected chi connectivity index (χ3v) is 5.84. The van der Waals surface area contributed by atoms with Gasteiger partial charge in [-0.2, -0.15) is 0 Å². The minimum atomic E-state index is -0.424. The van der Waals surface area contributed by atoms with Crippen LogP contribution in [0.15, 0.2) is 63.1 Å². The van der Waals surface area contributed by atoms with Crippen molar-refractivity contribution in [3.8, 4) is 0 Å². The molecule has 5 rings (SSSR count). The Kier molecular flexibility index (Phi) is 3.72. The van der Waals surface area contributed by atoms with Gasteiger partial charge in [0.1, 0.15) is 16.0 Å². The van der Waals surface area contributed by atoms with Gasteiger partial charge in [-0.05, 0) is 24.1 Å². The molecule has 0 spiro atoms. The average Bonchev–Trinajstić information content (AvgIpc) is 3.27. The van der Waals surface area contributed by atoms with Crippen LogP contribution < -0.4 is 15.8 Å². The van der Waals surface area contributed by atoms with E-state index in [2.05, 4.69) is 16.3 Å². The summed E-state index contributed by atoms with van der Waals surface area (Å²) in [7, 11) is 0. The molecule has 1 N–H and O–H groups in total. The Morgan fingerprint density at radius 1 is 1.11 bits per heavy atom. The molecule has 0 saturated carbocycles. The van der Waals surface area contributed by atoms with Gasteiger partial charge in [0.2, 0.25) is 5.91 Å². The zero-order valence-electron chi connectivity index (χ0n) is 14.4. The summed E-state index contributed by atoms with van der Waals surface area (Å²) < 4.78 is 5.42. The minimum absolute atomic E-state index is 0.136. The molecule has 0 radical (unpaired) electrons. The fourth-order valence-electron chi connectivity index (χ4n) is 3.69. The molecule has 1 aliphatic rings. The van der Waals surface area contributed by atoms with Gasteiger partial charge in [-0.3, -0.25) is 4.79 Å². The highest BCUT2D eigenvalue weighted by Crippen LogP contribution is 2.33. The monoisotopic (exact) mass is 376 g/mol. The summed E-state index contributed by atoms with van der Waals surface area (Å²) in [6.45, 7) is 1.08. The van der Waals surface area contributed by atoms with E-state index in [0.717, 1.165) is 29.4 Å². The minimum Gasteiger partial charge on any atom is -0.422 e. The number of hydrogen-bond donors (Lipinski definition) is 1. The van der Waals surface area contributed by atoms with Gasteiger partial charge >= 0.3 is 5.63 Å². The van der Waals surface area contributed by atoms with Crippen LogP contribution in [0.25, 0.3) is 21.7 Å². The molecule has 6 heteroatoms. The SMILES string of the molecule is O=C(CN1CCc2ccccc21)Nc1scc2c1c(=O)oc1ccccc12. The van der Waals surface area contributed by atoms with Gasteiger partial charge in [0.15, 0.2) is 0 Å². The molecule has 2 aromatic carbocycles. The molecule has 1 amide bonds. The Morgan fingerprint density at radius 3 is 2.85 bits per heavy atom. The number of thiophene rings is 1. The van der Waals surface area contributed by atoms with Gasteiger partial charge in [0.25, 0.3) is 0 Å². The Bertz CT molecular complexity index is 1240. The van der Waals surface area contributed by atoms with Crippen LogP contribution in [0.4, 0.5) is 10.7 Å². The highest BCUT2D eigenvalue weighted by atomic mass is 32.1. The summed E-state index contributed by atoms with van der Waals surface area (Å²) >= 11 is 1.35. The molecule has 134 valence electrons. The third kappa shape index (κ3) is 2.69. The topological polar surface area (TPSA) is 62.6 Å². The maximum atomic E-state index is 12.6. The number of rotatable bonds is 3. The van der Waals surface area contributed by atoms with Crippen molar-refractivity contribution in [3.05, 3.63) is 69.9 Å². The molecular weight excluding hydrogens is 360 g/mol. The number of fused-ring (bicyclic) bond motifs is 4. The van der Waals surface area contributed by atoms with Crippen LogP contribution >= 0.6 is 11.3 Å². The van der Waals surface area contributed by atoms with Crippen molar-refractivity contribution >= 4 is 49.7 Å². The van der Waals surface area contributed by atoms with E-state index < -0.39 is 5.63 Å². The van der Waals surface area contributed by atoms with Crippen molar-refractivity contribution in [2.24, 2.45) is 0 Å². The van der Waals surface area contributed by atoms with Crippen LogP contribution in [0, 0.1) is 0 Å². The van der Waals surface area contributed by atoms with E-state index in [9.17, 15) is 9.59 Å². The molecule has 2 aromatic heterocycles. The van der Waals surface area contributed by atoms with Crippen LogP contribution in [0.1, 0.15) is 5.56 Å². The summed E-state index contributed by atoms with van der Waals surface area (Å²) in [5.41, 5.74) is 2.50. The first-order valence-corrected chi connectivity index (χ1v) is 9.64. The number of carbonyl (C=O) groups is 1. The largest absolute Gasteiger partial charge is 0.422 e. The molecule has 0 fully saturated rings. The van der Waals surface area contributed by atoms with Gasteiger partial charge in [0.05, 0.1) is 6.54 Å². The number of amides is 1. The first-order valence-electron chi connectivity index (χ1n) is 8.76. The highest BCUT2D eigenvalue weighted by Gasteiger charge is 2.22. The summed E-state index contributed by atoms with van der Waals surface area (Å²) in [5, 5.41) is 7.47. The lowest BCUT2D eigenvalue weighted by molar-refractivity contribution is -0.114. The van der Waals surface area contributed by atoms with E-state index in [1.54, 1.807) is 6.07 Å². The zero-order valence-corrected chi connectivity index (χ0v) is 15.2. The van der Waals surface area contributed by atoms with Gasteiger partial charge < -0.3 is 14.6 Å². The molecule has 0 bridgehead atoms. The smallest absolute Gasteiger partial charge is 0.347 e. The number of carbonyl (C=O) groups excluding carboxylic acids is 1. The second kappa shape index (κ2) is 6.25. The van der Waals surface area contributed by atoms with E-state index >= 15 is 0 Å². The normalized spacial score (nSPS) is 13.3. The molecule has 0 saturated heterocycles. The second-order valence-electron chi connectivity index (χ2n) is 6.59. The van der Waals surface area contributed by atoms with Crippen LogP contribution in [-0.4, -0.2) is 19.0 Å². The maximum absolute atomic E-state index is 12.6. The number of anilines is 2. The molecule has 3 heterocycles. The average molecular weight is 376 g/mol. The van der Waals surface area contributed by atoms with Gasteiger partial charge in [0, 0.05) is 28.4 Å². The van der Waals surface area contributed by atoms with E-state index in [-0.39, 0.29) is 12.5 Å². The number of benzene rings is 2. The van der Waals surface area contributed by atoms with Crippen LogP contribution in [-0.2, 0) is 11.2 Å². The summed E-state index contributed by atoms with van der Waals surface area (Å²) in [5.74, 6) is -0.136. The maximum Gasteiger partial charge on any atom is 0.347 e. The van der Waals surface area contributed by atoms with Crippen molar-refractivity contribution in [1.82, 2.24) is 0 Å². The molecule has 0 atom stereocenters. The highest BCUT2D eigenvalue weighted by molar-refractivity contribution is 7.16. The first kappa shape index (κ1) is 16.1. The van der Waals surface area contributed by atoms with Gasteiger partial charge in [-0.15, -0.1) is 11.3 Å². The van der Waals surface area contributed by atoms with Crippen molar-refractivity contribution in [3.63, 3.8) is 0 Å². The summed E-state index contributed by atoms with van der Waals surface area (Å²) in [6.07, 6.45) is 0.945. The molecular formula is C21H16N2O3S. The third-order valence-electron chi connectivity index (χ3n) is 4.95. The molecule has 1 aliphatic heterocycles. The first-order chi connectivity index (χ1) is 13.2. The summed E-state index contributed by atoms with van der Waals surface area (Å²) in [6, 6.07) is 15.6.